The van der Waals surface area contributed by atoms with Crippen molar-refractivity contribution in [3.63, 3.8) is 0 Å². The Morgan fingerprint density at radius 3 is 2.81 bits per heavy atom. The molecule has 2 aromatic carbocycles. The number of pyridine rings is 1. The summed E-state index contributed by atoms with van der Waals surface area (Å²) in [5, 5.41) is 3.29. The highest BCUT2D eigenvalue weighted by Gasteiger charge is 2.54. The minimum atomic E-state index is -0.310. The fourth-order valence-electron chi connectivity index (χ4n) is 4.78. The normalized spacial score (nSPS) is 21.5. The van der Waals surface area contributed by atoms with E-state index in [0.717, 1.165) is 29.6 Å². The van der Waals surface area contributed by atoms with Gasteiger partial charge < -0.3 is 14.6 Å². The molecule has 0 unspecified atom stereocenters. The summed E-state index contributed by atoms with van der Waals surface area (Å²) in [4.78, 5) is 24.4. The number of anilines is 1. The highest BCUT2D eigenvalue weighted by Crippen LogP contribution is 2.50. The van der Waals surface area contributed by atoms with E-state index in [-0.39, 0.29) is 17.8 Å². The molecule has 1 aliphatic heterocycles. The second kappa shape index (κ2) is 7.44. The van der Waals surface area contributed by atoms with Gasteiger partial charge >= 0.3 is 0 Å². The topological polar surface area (TPSA) is 71.3 Å². The summed E-state index contributed by atoms with van der Waals surface area (Å²) >= 11 is 0. The fourth-order valence-corrected chi connectivity index (χ4v) is 4.78. The molecule has 1 amide bonds. The van der Waals surface area contributed by atoms with Crippen LogP contribution in [0.3, 0.4) is 0 Å². The van der Waals surface area contributed by atoms with Gasteiger partial charge in [0.2, 0.25) is 0 Å². The van der Waals surface area contributed by atoms with Crippen molar-refractivity contribution in [1.82, 2.24) is 14.9 Å². The molecule has 1 saturated heterocycles. The molecular formula is C25H21FN4O2. The maximum absolute atomic E-state index is 13.6. The highest BCUT2D eigenvalue weighted by molar-refractivity contribution is 5.99. The van der Waals surface area contributed by atoms with Crippen LogP contribution in [0.1, 0.15) is 16.9 Å². The number of halogens is 1. The van der Waals surface area contributed by atoms with E-state index in [2.05, 4.69) is 15.3 Å². The quantitative estimate of drug-likeness (QED) is 0.503. The molecule has 1 N–H and O–H groups in total. The number of carbonyl (C=O) groups excluding carboxylic acids is 1. The zero-order valence-electron chi connectivity index (χ0n) is 17.2. The van der Waals surface area contributed by atoms with Crippen LogP contribution < -0.4 is 5.32 Å². The van der Waals surface area contributed by atoms with E-state index in [1.165, 1.54) is 12.1 Å². The van der Waals surface area contributed by atoms with E-state index < -0.39 is 0 Å². The van der Waals surface area contributed by atoms with Gasteiger partial charge in [0.25, 0.3) is 11.9 Å². The van der Waals surface area contributed by atoms with Crippen LogP contribution in [0.2, 0.25) is 0 Å². The average Bonchev–Trinajstić information content (AvgIpc) is 3.31. The number of fused-ring (bicyclic) bond motifs is 2. The van der Waals surface area contributed by atoms with Gasteiger partial charge in [-0.15, -0.1) is 0 Å². The molecule has 6 rings (SSSR count). The summed E-state index contributed by atoms with van der Waals surface area (Å²) in [5.74, 6) is 0.609. The SMILES string of the molecule is O=C(c1ncccc1-c1ccc(F)cc1)N1C[C@H]2C[C@H]2[C@H]1CNc1nc2ccccc2o1. The van der Waals surface area contributed by atoms with Gasteiger partial charge in [-0.3, -0.25) is 9.78 Å². The number of rotatable bonds is 5. The lowest BCUT2D eigenvalue weighted by Gasteiger charge is -2.28. The molecule has 3 atom stereocenters. The maximum Gasteiger partial charge on any atom is 0.295 e. The van der Waals surface area contributed by atoms with Gasteiger partial charge in [-0.1, -0.05) is 30.3 Å². The van der Waals surface area contributed by atoms with Crippen LogP contribution in [-0.2, 0) is 0 Å². The molecule has 3 heterocycles. The summed E-state index contributed by atoms with van der Waals surface area (Å²) in [7, 11) is 0. The molecular weight excluding hydrogens is 407 g/mol. The Balaban J connectivity index is 1.24. The molecule has 32 heavy (non-hydrogen) atoms. The Labute approximate surface area is 184 Å². The molecule has 0 bridgehead atoms. The lowest BCUT2D eigenvalue weighted by atomic mass is 10.0. The minimum absolute atomic E-state index is 0.0468. The largest absolute Gasteiger partial charge is 0.424 e. The molecule has 6 nitrogen and oxygen atoms in total. The standard InChI is InChI=1S/C25H21FN4O2/c26-17-9-7-15(8-10-17)18-4-3-11-27-23(18)24(31)30-14-16-12-19(16)21(30)13-28-25-29-20-5-1-2-6-22(20)32-25/h1-11,16,19,21H,12-14H2,(H,28,29)/t16-,19-,21-/m1/s1. The van der Waals surface area contributed by atoms with Gasteiger partial charge in [-0.25, -0.2) is 4.39 Å². The Morgan fingerprint density at radius 2 is 1.97 bits per heavy atom. The number of nitrogens with zero attached hydrogens (tertiary/aromatic N) is 3. The van der Waals surface area contributed by atoms with Gasteiger partial charge in [0.1, 0.15) is 17.0 Å². The van der Waals surface area contributed by atoms with Gasteiger partial charge in [0, 0.05) is 24.8 Å². The van der Waals surface area contributed by atoms with Crippen LogP contribution in [0.15, 0.2) is 71.3 Å². The Kier molecular flexibility index (Phi) is 4.41. The third-order valence-corrected chi connectivity index (χ3v) is 6.49. The lowest BCUT2D eigenvalue weighted by molar-refractivity contribution is 0.0710. The zero-order chi connectivity index (χ0) is 21.7. The smallest absolute Gasteiger partial charge is 0.295 e. The molecule has 2 fully saturated rings. The first-order valence-electron chi connectivity index (χ1n) is 10.8. The second-order valence-electron chi connectivity index (χ2n) is 8.46. The molecule has 0 spiro atoms. The summed E-state index contributed by atoms with van der Waals surface area (Å²) in [6.07, 6.45) is 2.76. The number of hydrogen-bond acceptors (Lipinski definition) is 5. The summed E-state index contributed by atoms with van der Waals surface area (Å²) in [6.45, 7) is 1.29. The van der Waals surface area contributed by atoms with Crippen molar-refractivity contribution in [3.05, 3.63) is 78.4 Å². The number of oxazole rings is 1. The Bertz CT molecular complexity index is 1270. The van der Waals surface area contributed by atoms with Crippen LogP contribution in [0.4, 0.5) is 10.4 Å². The van der Waals surface area contributed by atoms with Crippen LogP contribution >= 0.6 is 0 Å². The number of para-hydroxylation sites is 2. The number of piperidine rings is 1. The van der Waals surface area contributed by atoms with Gasteiger partial charge in [0.05, 0.1) is 6.04 Å². The fraction of sp³-hybridized carbons (Fsp3) is 0.240. The number of nitrogens with one attached hydrogen (secondary N) is 1. The highest BCUT2D eigenvalue weighted by atomic mass is 19.1. The van der Waals surface area contributed by atoms with E-state index in [0.29, 0.717) is 35.7 Å². The van der Waals surface area contributed by atoms with Crippen molar-refractivity contribution in [2.24, 2.45) is 11.8 Å². The maximum atomic E-state index is 13.6. The van der Waals surface area contributed by atoms with Crippen molar-refractivity contribution in [1.29, 1.82) is 0 Å². The molecule has 160 valence electrons. The first-order chi connectivity index (χ1) is 15.7. The van der Waals surface area contributed by atoms with Crippen LogP contribution in [-0.4, -0.2) is 39.9 Å². The third-order valence-electron chi connectivity index (χ3n) is 6.49. The van der Waals surface area contributed by atoms with E-state index >= 15 is 0 Å². The third kappa shape index (κ3) is 3.30. The number of aromatic nitrogens is 2. The zero-order valence-corrected chi connectivity index (χ0v) is 17.2. The van der Waals surface area contributed by atoms with Gasteiger partial charge in [-0.2, -0.15) is 4.98 Å². The van der Waals surface area contributed by atoms with Crippen LogP contribution in [0.5, 0.6) is 0 Å². The monoisotopic (exact) mass is 428 g/mol. The van der Waals surface area contributed by atoms with Crippen molar-refractivity contribution < 1.29 is 13.6 Å². The second-order valence-corrected chi connectivity index (χ2v) is 8.46. The Hall–Kier alpha value is -3.74. The molecule has 0 radical (unpaired) electrons. The molecule has 7 heteroatoms. The van der Waals surface area contributed by atoms with Crippen LogP contribution in [0.25, 0.3) is 22.2 Å². The van der Waals surface area contributed by atoms with Gasteiger partial charge in [0.15, 0.2) is 5.58 Å². The molecule has 2 aliphatic rings. The van der Waals surface area contributed by atoms with E-state index in [1.807, 2.05) is 35.2 Å². The number of benzene rings is 2. The van der Waals surface area contributed by atoms with Crippen molar-refractivity contribution in [2.75, 3.05) is 18.4 Å². The van der Waals surface area contributed by atoms with E-state index in [9.17, 15) is 9.18 Å². The summed E-state index contributed by atoms with van der Waals surface area (Å²) in [6, 6.07) is 17.9. The predicted molar refractivity (Wildman–Crippen MR) is 119 cm³/mol. The van der Waals surface area contributed by atoms with Crippen molar-refractivity contribution >= 4 is 23.0 Å². The Morgan fingerprint density at radius 1 is 1.12 bits per heavy atom. The summed E-state index contributed by atoms with van der Waals surface area (Å²) < 4.78 is 19.2. The summed E-state index contributed by atoms with van der Waals surface area (Å²) in [5.41, 5.74) is 3.41. The lowest BCUT2D eigenvalue weighted by Crippen LogP contribution is -2.43. The molecule has 4 aromatic rings. The van der Waals surface area contributed by atoms with E-state index in [4.69, 9.17) is 4.42 Å². The predicted octanol–water partition coefficient (Wildman–Crippen LogP) is 4.60. The number of carbonyl (C=O) groups is 1. The van der Waals surface area contributed by atoms with Crippen LogP contribution in [0, 0.1) is 17.7 Å². The van der Waals surface area contributed by atoms with Gasteiger partial charge in [-0.05, 0) is 54.2 Å². The number of likely N-dealkylation sites (tertiary alicyclic amines) is 1. The molecule has 2 aromatic heterocycles. The minimum Gasteiger partial charge on any atom is -0.424 e. The molecule has 1 saturated carbocycles. The average molecular weight is 428 g/mol. The first-order valence-corrected chi connectivity index (χ1v) is 10.8. The number of hydrogen-bond donors (Lipinski definition) is 1. The van der Waals surface area contributed by atoms with Crippen molar-refractivity contribution in [2.45, 2.75) is 12.5 Å². The van der Waals surface area contributed by atoms with Crippen molar-refractivity contribution in [3.8, 4) is 11.1 Å². The van der Waals surface area contributed by atoms with E-state index in [1.54, 1.807) is 24.4 Å². The molecule has 1 aliphatic carbocycles. The first kappa shape index (κ1) is 19.0. The number of amides is 1.